The molecule has 0 radical (unpaired) electrons. The molecule has 0 bridgehead atoms. The third kappa shape index (κ3) is 2.75. The van der Waals surface area contributed by atoms with Crippen LogP contribution in [0.4, 0.5) is 14.5 Å². The summed E-state index contributed by atoms with van der Waals surface area (Å²) in [5.41, 5.74) is 0.960. The summed E-state index contributed by atoms with van der Waals surface area (Å²) in [6.07, 6.45) is 1.36. The Labute approximate surface area is 125 Å². The van der Waals surface area contributed by atoms with E-state index in [1.54, 1.807) is 24.3 Å². The van der Waals surface area contributed by atoms with Crippen molar-refractivity contribution in [3.8, 4) is 0 Å². The van der Waals surface area contributed by atoms with E-state index in [2.05, 4.69) is 9.71 Å². The molecule has 0 unspecified atom stereocenters. The van der Waals surface area contributed by atoms with E-state index in [1.807, 2.05) is 6.07 Å². The van der Waals surface area contributed by atoms with Gasteiger partial charge in [0.1, 0.15) is 0 Å². The lowest BCUT2D eigenvalue weighted by atomic mass is 10.2. The van der Waals surface area contributed by atoms with E-state index in [-0.39, 0.29) is 10.6 Å². The van der Waals surface area contributed by atoms with E-state index in [1.165, 1.54) is 6.20 Å². The van der Waals surface area contributed by atoms with Crippen LogP contribution in [0, 0.1) is 11.6 Å². The molecule has 0 saturated carbocycles. The summed E-state index contributed by atoms with van der Waals surface area (Å²) < 4.78 is 52.7. The second-order valence-electron chi connectivity index (χ2n) is 4.60. The number of pyridine rings is 1. The molecule has 22 heavy (non-hydrogen) atoms. The van der Waals surface area contributed by atoms with Gasteiger partial charge in [0.05, 0.1) is 22.3 Å². The Kier molecular flexibility index (Phi) is 3.50. The number of aromatic nitrogens is 1. The van der Waals surface area contributed by atoms with Gasteiger partial charge in [0.2, 0.25) is 0 Å². The summed E-state index contributed by atoms with van der Waals surface area (Å²) in [7, 11) is -4.02. The highest BCUT2D eigenvalue weighted by molar-refractivity contribution is 7.92. The molecule has 1 aromatic heterocycles. The van der Waals surface area contributed by atoms with Crippen molar-refractivity contribution in [3.63, 3.8) is 0 Å². The number of hydrogen-bond acceptors (Lipinski definition) is 3. The van der Waals surface area contributed by atoms with Gasteiger partial charge in [-0.3, -0.25) is 9.71 Å². The molecule has 7 heteroatoms. The van der Waals surface area contributed by atoms with Crippen molar-refractivity contribution in [1.82, 2.24) is 4.98 Å². The second kappa shape index (κ2) is 5.34. The van der Waals surface area contributed by atoms with Gasteiger partial charge in [0, 0.05) is 5.39 Å². The lowest BCUT2D eigenvalue weighted by Gasteiger charge is -2.09. The summed E-state index contributed by atoms with van der Waals surface area (Å²) in [6, 6.07) is 11.2. The molecule has 2 aromatic carbocycles. The molecular weight excluding hydrogens is 310 g/mol. The molecule has 1 N–H and O–H groups in total. The number of hydrogen-bond donors (Lipinski definition) is 1. The first-order valence-corrected chi connectivity index (χ1v) is 7.77. The number of halogens is 2. The maximum absolute atomic E-state index is 13.2. The molecule has 0 aliphatic heterocycles. The Bertz CT molecular complexity index is 959. The lowest BCUT2D eigenvalue weighted by Crippen LogP contribution is -2.13. The fourth-order valence-electron chi connectivity index (χ4n) is 1.98. The third-order valence-electron chi connectivity index (χ3n) is 3.04. The van der Waals surface area contributed by atoms with Gasteiger partial charge in [-0.2, -0.15) is 0 Å². The van der Waals surface area contributed by atoms with Crippen molar-refractivity contribution in [2.45, 2.75) is 4.90 Å². The van der Waals surface area contributed by atoms with Gasteiger partial charge in [-0.25, -0.2) is 17.2 Å². The first kappa shape index (κ1) is 14.4. The number of nitrogens with one attached hydrogen (secondary N) is 1. The molecule has 4 nitrogen and oxygen atoms in total. The van der Waals surface area contributed by atoms with Gasteiger partial charge in [-0.05, 0) is 30.3 Å². The highest BCUT2D eigenvalue weighted by Crippen LogP contribution is 2.20. The number of sulfonamides is 1. The largest absolute Gasteiger partial charge is 0.278 e. The van der Waals surface area contributed by atoms with Gasteiger partial charge >= 0.3 is 0 Å². The Morgan fingerprint density at radius 2 is 1.73 bits per heavy atom. The van der Waals surface area contributed by atoms with Crippen LogP contribution in [0.5, 0.6) is 0 Å². The Morgan fingerprint density at radius 3 is 2.50 bits per heavy atom. The summed E-state index contributed by atoms with van der Waals surface area (Å²) >= 11 is 0. The molecule has 0 atom stereocenters. The predicted molar refractivity (Wildman–Crippen MR) is 78.9 cm³/mol. The molecule has 0 fully saturated rings. The SMILES string of the molecule is O=S(=O)(Nc1cnc2ccccc2c1)c1ccc(F)c(F)c1. The van der Waals surface area contributed by atoms with Gasteiger partial charge in [-0.15, -0.1) is 0 Å². The Balaban J connectivity index is 1.97. The third-order valence-corrected chi connectivity index (χ3v) is 4.42. The van der Waals surface area contributed by atoms with Gasteiger partial charge in [0.15, 0.2) is 11.6 Å². The van der Waals surface area contributed by atoms with Crippen LogP contribution in [0.15, 0.2) is 59.6 Å². The molecule has 1 heterocycles. The average Bonchev–Trinajstić information content (AvgIpc) is 2.49. The molecule has 3 rings (SSSR count). The molecule has 0 amide bonds. The van der Waals surface area contributed by atoms with Crippen molar-refractivity contribution >= 4 is 26.6 Å². The fourth-order valence-corrected chi connectivity index (χ4v) is 3.03. The van der Waals surface area contributed by atoms with Crippen LogP contribution in [-0.2, 0) is 10.0 Å². The summed E-state index contributed by atoms with van der Waals surface area (Å²) in [5.74, 6) is -2.33. The highest BCUT2D eigenvalue weighted by Gasteiger charge is 2.17. The second-order valence-corrected chi connectivity index (χ2v) is 6.28. The number of rotatable bonds is 3. The maximum atomic E-state index is 13.2. The normalized spacial score (nSPS) is 11.5. The first-order chi connectivity index (χ1) is 10.5. The molecule has 0 saturated heterocycles. The maximum Gasteiger partial charge on any atom is 0.262 e. The van der Waals surface area contributed by atoms with Crippen LogP contribution >= 0.6 is 0 Å². The molecule has 0 spiro atoms. The monoisotopic (exact) mass is 320 g/mol. The predicted octanol–water partition coefficient (Wildman–Crippen LogP) is 3.31. The van der Waals surface area contributed by atoms with Crippen LogP contribution in [-0.4, -0.2) is 13.4 Å². The van der Waals surface area contributed by atoms with E-state index in [9.17, 15) is 17.2 Å². The molecular formula is C15H10F2N2O2S. The van der Waals surface area contributed by atoms with E-state index < -0.39 is 21.7 Å². The zero-order chi connectivity index (χ0) is 15.7. The number of para-hydroxylation sites is 1. The minimum Gasteiger partial charge on any atom is -0.278 e. The van der Waals surface area contributed by atoms with Crippen molar-refractivity contribution in [3.05, 3.63) is 66.4 Å². The molecule has 0 aliphatic rings. The molecule has 0 aliphatic carbocycles. The number of benzene rings is 2. The number of anilines is 1. The quantitative estimate of drug-likeness (QED) is 0.805. The van der Waals surface area contributed by atoms with Crippen LogP contribution in [0.25, 0.3) is 10.9 Å². The van der Waals surface area contributed by atoms with Gasteiger partial charge in [-0.1, -0.05) is 18.2 Å². The van der Waals surface area contributed by atoms with Crippen molar-refractivity contribution < 1.29 is 17.2 Å². The lowest BCUT2D eigenvalue weighted by molar-refractivity contribution is 0.504. The first-order valence-electron chi connectivity index (χ1n) is 6.28. The average molecular weight is 320 g/mol. The number of nitrogens with zero attached hydrogens (tertiary/aromatic N) is 1. The minimum atomic E-state index is -4.02. The summed E-state index contributed by atoms with van der Waals surface area (Å²) in [6.45, 7) is 0. The minimum absolute atomic E-state index is 0.239. The Hall–Kier alpha value is -2.54. The van der Waals surface area contributed by atoms with Crippen molar-refractivity contribution in [1.29, 1.82) is 0 Å². The van der Waals surface area contributed by atoms with Crippen LogP contribution in [0.2, 0.25) is 0 Å². The Morgan fingerprint density at radius 1 is 0.955 bits per heavy atom. The summed E-state index contributed by atoms with van der Waals surface area (Å²) in [5, 5.41) is 0.757. The van der Waals surface area contributed by atoms with Crippen LogP contribution < -0.4 is 4.72 Å². The van der Waals surface area contributed by atoms with Crippen molar-refractivity contribution in [2.24, 2.45) is 0 Å². The molecule has 112 valence electrons. The highest BCUT2D eigenvalue weighted by atomic mass is 32.2. The van der Waals surface area contributed by atoms with Crippen LogP contribution in [0.3, 0.4) is 0 Å². The fraction of sp³-hybridized carbons (Fsp3) is 0. The van der Waals surface area contributed by atoms with Crippen molar-refractivity contribution in [2.75, 3.05) is 4.72 Å². The van der Waals surface area contributed by atoms with Gasteiger partial charge in [0.25, 0.3) is 10.0 Å². The zero-order valence-corrected chi connectivity index (χ0v) is 11.9. The zero-order valence-electron chi connectivity index (χ0n) is 11.1. The van der Waals surface area contributed by atoms with Gasteiger partial charge < -0.3 is 0 Å². The topological polar surface area (TPSA) is 59.1 Å². The van der Waals surface area contributed by atoms with E-state index in [0.29, 0.717) is 6.07 Å². The van der Waals surface area contributed by atoms with Crippen LogP contribution in [0.1, 0.15) is 0 Å². The standard InChI is InChI=1S/C15H10F2N2O2S/c16-13-6-5-12(8-14(13)17)22(20,21)19-11-7-10-3-1-2-4-15(10)18-9-11/h1-9,19H. The van der Waals surface area contributed by atoms with E-state index in [0.717, 1.165) is 23.0 Å². The summed E-state index contributed by atoms with van der Waals surface area (Å²) in [4.78, 5) is 3.77. The number of fused-ring (bicyclic) bond motifs is 1. The van der Waals surface area contributed by atoms with E-state index >= 15 is 0 Å². The smallest absolute Gasteiger partial charge is 0.262 e. The molecule has 3 aromatic rings. The van der Waals surface area contributed by atoms with E-state index in [4.69, 9.17) is 0 Å².